The zero-order valence-electron chi connectivity index (χ0n) is 15.9. The van der Waals surface area contributed by atoms with Gasteiger partial charge >= 0.3 is 0 Å². The Bertz CT molecular complexity index is 763. The van der Waals surface area contributed by atoms with Crippen LogP contribution in [0.25, 0.3) is 5.57 Å². The molecule has 1 fully saturated rings. The van der Waals surface area contributed by atoms with Gasteiger partial charge in [0, 0.05) is 17.7 Å². The molecule has 1 aromatic carbocycles. The number of hydrogen-bond donors (Lipinski definition) is 0. The lowest BCUT2D eigenvalue weighted by molar-refractivity contribution is -0.130. The van der Waals surface area contributed by atoms with Crippen LogP contribution in [-0.4, -0.2) is 17.4 Å². The Labute approximate surface area is 154 Å². The number of halogens is 2. The molecule has 1 heterocycles. The summed E-state index contributed by atoms with van der Waals surface area (Å²) in [5.74, 6) is -0.863. The Balaban J connectivity index is 1.98. The van der Waals surface area contributed by atoms with Crippen molar-refractivity contribution in [3.8, 4) is 0 Å². The monoisotopic (exact) mass is 359 g/mol. The molecule has 1 aliphatic carbocycles. The number of carbonyl (C=O) groups excluding carboxylic acids is 1. The number of allylic oxidation sites excluding steroid dienone is 2. The molecule has 0 bridgehead atoms. The third-order valence-electron chi connectivity index (χ3n) is 5.01. The average Bonchev–Trinajstić information content (AvgIpc) is 3.01. The van der Waals surface area contributed by atoms with Crippen molar-refractivity contribution in [3.63, 3.8) is 0 Å². The van der Waals surface area contributed by atoms with Crippen molar-refractivity contribution in [3.05, 3.63) is 52.7 Å². The Morgan fingerprint density at radius 3 is 2.46 bits per heavy atom. The highest BCUT2D eigenvalue weighted by molar-refractivity contribution is 5.86. The Morgan fingerprint density at radius 2 is 1.81 bits per heavy atom. The van der Waals surface area contributed by atoms with E-state index >= 15 is 0 Å². The summed E-state index contributed by atoms with van der Waals surface area (Å²) >= 11 is 0. The highest BCUT2D eigenvalue weighted by Crippen LogP contribution is 2.37. The van der Waals surface area contributed by atoms with Crippen molar-refractivity contribution in [2.75, 3.05) is 6.54 Å². The van der Waals surface area contributed by atoms with Crippen LogP contribution in [0.3, 0.4) is 0 Å². The van der Waals surface area contributed by atoms with Crippen LogP contribution in [0.1, 0.15) is 64.9 Å². The Hall–Kier alpha value is -1.97. The van der Waals surface area contributed by atoms with E-state index < -0.39 is 11.6 Å². The summed E-state index contributed by atoms with van der Waals surface area (Å²) in [4.78, 5) is 14.7. The van der Waals surface area contributed by atoms with Gasteiger partial charge < -0.3 is 4.90 Å². The van der Waals surface area contributed by atoms with Gasteiger partial charge in [0.15, 0.2) is 0 Å². The predicted octanol–water partition coefficient (Wildman–Crippen LogP) is 5.84. The molecular formula is C22H27F2NO. The summed E-state index contributed by atoms with van der Waals surface area (Å²) in [6.45, 7) is 6.42. The van der Waals surface area contributed by atoms with E-state index in [2.05, 4.69) is 0 Å². The largest absolute Gasteiger partial charge is 0.308 e. The maximum Gasteiger partial charge on any atom is 0.227 e. The van der Waals surface area contributed by atoms with Crippen molar-refractivity contribution in [2.45, 2.75) is 59.3 Å². The van der Waals surface area contributed by atoms with Gasteiger partial charge in [-0.3, -0.25) is 4.79 Å². The van der Waals surface area contributed by atoms with Gasteiger partial charge in [-0.2, -0.15) is 0 Å². The smallest absolute Gasteiger partial charge is 0.227 e. The number of carbonyl (C=O) groups is 1. The maximum absolute atomic E-state index is 14.3. The molecule has 0 aromatic heterocycles. The normalized spacial score (nSPS) is 18.3. The number of rotatable bonds is 2. The minimum Gasteiger partial charge on any atom is -0.308 e. The minimum absolute atomic E-state index is 0.0497. The maximum atomic E-state index is 14.3. The second-order valence-corrected chi connectivity index (χ2v) is 8.56. The molecule has 1 saturated carbocycles. The summed E-state index contributed by atoms with van der Waals surface area (Å²) in [6, 6.07) is 3.50. The fourth-order valence-corrected chi connectivity index (χ4v) is 3.75. The van der Waals surface area contributed by atoms with E-state index in [-0.39, 0.29) is 16.9 Å². The molecular weight excluding hydrogens is 332 g/mol. The van der Waals surface area contributed by atoms with Gasteiger partial charge in [0.05, 0.1) is 6.54 Å². The molecule has 1 aliphatic heterocycles. The lowest BCUT2D eigenvalue weighted by Crippen LogP contribution is -2.31. The van der Waals surface area contributed by atoms with Crippen molar-refractivity contribution >= 4 is 11.5 Å². The average molecular weight is 359 g/mol. The molecule has 26 heavy (non-hydrogen) atoms. The second-order valence-electron chi connectivity index (χ2n) is 8.56. The van der Waals surface area contributed by atoms with Crippen molar-refractivity contribution in [2.24, 2.45) is 5.41 Å². The van der Waals surface area contributed by atoms with Gasteiger partial charge in [-0.05, 0) is 66.5 Å². The first-order valence-electron chi connectivity index (χ1n) is 9.43. The summed E-state index contributed by atoms with van der Waals surface area (Å²) in [7, 11) is 0. The lowest BCUT2D eigenvalue weighted by atomic mass is 9.90. The number of benzene rings is 1. The second kappa shape index (κ2) is 7.34. The van der Waals surface area contributed by atoms with E-state index in [1.54, 1.807) is 4.90 Å². The summed E-state index contributed by atoms with van der Waals surface area (Å²) in [5, 5.41) is 0. The quantitative estimate of drug-likeness (QED) is 0.649. The summed E-state index contributed by atoms with van der Waals surface area (Å²) in [5.41, 5.74) is 3.00. The molecule has 140 valence electrons. The molecule has 2 nitrogen and oxygen atoms in total. The fraction of sp³-hybridized carbons (Fsp3) is 0.500. The molecule has 0 N–H and O–H groups in total. The third kappa shape index (κ3) is 4.22. The van der Waals surface area contributed by atoms with Gasteiger partial charge in [-0.1, -0.05) is 27.2 Å². The summed E-state index contributed by atoms with van der Waals surface area (Å²) in [6.07, 6.45) is 7.74. The van der Waals surface area contributed by atoms with Crippen LogP contribution in [0.4, 0.5) is 8.78 Å². The van der Waals surface area contributed by atoms with Gasteiger partial charge in [-0.15, -0.1) is 0 Å². The predicted molar refractivity (Wildman–Crippen MR) is 100 cm³/mol. The highest BCUT2D eigenvalue weighted by Gasteiger charge is 2.31. The van der Waals surface area contributed by atoms with Crippen LogP contribution in [0, 0.1) is 17.0 Å². The van der Waals surface area contributed by atoms with Gasteiger partial charge in [0.25, 0.3) is 0 Å². The van der Waals surface area contributed by atoms with E-state index in [9.17, 15) is 13.6 Å². The van der Waals surface area contributed by atoms with E-state index in [0.717, 1.165) is 43.5 Å². The molecule has 1 amide bonds. The van der Waals surface area contributed by atoms with Crippen molar-refractivity contribution < 1.29 is 13.6 Å². The first kappa shape index (κ1) is 18.8. The van der Waals surface area contributed by atoms with Crippen LogP contribution in [0.5, 0.6) is 0 Å². The standard InChI is InChI=1S/C22H27F2NO/c1-22(2,3)13-21(26)25-14-16(18-12-17(23)9-10-19(18)24)11-20(25)15-7-5-4-6-8-15/h9-12H,4-8,13-14H2,1-3H3. The number of nitrogens with zero attached hydrogens (tertiary/aromatic N) is 1. The topological polar surface area (TPSA) is 20.3 Å². The zero-order valence-corrected chi connectivity index (χ0v) is 15.9. The third-order valence-corrected chi connectivity index (χ3v) is 5.01. The van der Waals surface area contributed by atoms with Gasteiger partial charge in [-0.25, -0.2) is 8.78 Å². The van der Waals surface area contributed by atoms with E-state index in [1.807, 2.05) is 26.8 Å². The SMILES string of the molecule is CC(C)(C)CC(=O)N1CC(c2cc(F)ccc2F)=CC1=C1CCCCC1. The molecule has 0 saturated heterocycles. The number of amides is 1. The first-order valence-corrected chi connectivity index (χ1v) is 9.43. The van der Waals surface area contributed by atoms with E-state index in [0.29, 0.717) is 18.5 Å². The van der Waals surface area contributed by atoms with Crippen LogP contribution >= 0.6 is 0 Å². The molecule has 0 radical (unpaired) electrons. The van der Waals surface area contributed by atoms with Gasteiger partial charge in [0.1, 0.15) is 11.6 Å². The fourth-order valence-electron chi connectivity index (χ4n) is 3.75. The Morgan fingerprint density at radius 1 is 1.12 bits per heavy atom. The first-order chi connectivity index (χ1) is 12.2. The lowest BCUT2D eigenvalue weighted by Gasteiger charge is -2.27. The van der Waals surface area contributed by atoms with E-state index in [4.69, 9.17) is 0 Å². The molecule has 0 unspecified atom stereocenters. The molecule has 0 atom stereocenters. The van der Waals surface area contributed by atoms with Crippen molar-refractivity contribution in [1.29, 1.82) is 0 Å². The van der Waals surface area contributed by atoms with Crippen LogP contribution in [0.15, 0.2) is 35.5 Å². The van der Waals surface area contributed by atoms with Crippen LogP contribution in [-0.2, 0) is 4.79 Å². The van der Waals surface area contributed by atoms with Crippen LogP contribution < -0.4 is 0 Å². The molecule has 1 aromatic rings. The molecule has 3 rings (SSSR count). The zero-order chi connectivity index (χ0) is 18.9. The van der Waals surface area contributed by atoms with Gasteiger partial charge in [0.2, 0.25) is 5.91 Å². The minimum atomic E-state index is -0.464. The molecule has 0 spiro atoms. The number of hydrogen-bond acceptors (Lipinski definition) is 1. The van der Waals surface area contributed by atoms with Crippen LogP contribution in [0.2, 0.25) is 0 Å². The van der Waals surface area contributed by atoms with Crippen molar-refractivity contribution in [1.82, 2.24) is 4.90 Å². The Kier molecular flexibility index (Phi) is 5.31. The molecule has 4 heteroatoms. The highest BCUT2D eigenvalue weighted by atomic mass is 19.1. The molecule has 2 aliphatic rings. The summed E-state index contributed by atoms with van der Waals surface area (Å²) < 4.78 is 27.9. The van der Waals surface area contributed by atoms with E-state index in [1.165, 1.54) is 18.1 Å².